The van der Waals surface area contributed by atoms with Gasteiger partial charge in [-0.1, -0.05) is 6.07 Å². The summed E-state index contributed by atoms with van der Waals surface area (Å²) < 4.78 is 13.8. The molecule has 172 valence electrons. The number of hydrogen-bond donors (Lipinski definition) is 2. The molecule has 0 radical (unpaired) electrons. The van der Waals surface area contributed by atoms with Gasteiger partial charge < -0.3 is 14.9 Å². The molecule has 7 heteroatoms. The fourth-order valence-electron chi connectivity index (χ4n) is 4.61. The topological polar surface area (TPSA) is 64.8 Å². The average molecular weight is 473 g/mol. The molecular weight excluding hydrogens is 447 g/mol. The third-order valence-electron chi connectivity index (χ3n) is 6.60. The first-order valence-corrected chi connectivity index (χ1v) is 12.5. The summed E-state index contributed by atoms with van der Waals surface area (Å²) in [6.07, 6.45) is 6.83. The molecule has 0 bridgehead atoms. The minimum absolute atomic E-state index is 0.0218. The number of thiazole rings is 1. The third-order valence-corrected chi connectivity index (χ3v) is 7.62. The molecule has 34 heavy (non-hydrogen) atoms. The summed E-state index contributed by atoms with van der Waals surface area (Å²) in [4.78, 5) is 27.8. The molecule has 5 nitrogen and oxygen atoms in total. The predicted octanol–water partition coefficient (Wildman–Crippen LogP) is 6.32. The second-order valence-electron chi connectivity index (χ2n) is 9.14. The van der Waals surface area contributed by atoms with Crippen molar-refractivity contribution in [2.75, 3.05) is 13.1 Å². The number of aryl methyl sites for hydroxylation is 1. The van der Waals surface area contributed by atoms with Gasteiger partial charge in [-0.05, 0) is 85.0 Å². The number of carbonyl (C=O) groups is 1. The van der Waals surface area contributed by atoms with Gasteiger partial charge in [-0.2, -0.15) is 0 Å². The molecule has 1 saturated carbocycles. The van der Waals surface area contributed by atoms with Crippen LogP contribution >= 0.6 is 11.3 Å². The molecule has 5 aromatic rings. The number of carbonyl (C=O) groups excluding carboxylic acids is 1. The molecule has 3 heterocycles. The van der Waals surface area contributed by atoms with Crippen LogP contribution in [0.4, 0.5) is 4.39 Å². The highest BCUT2D eigenvalue weighted by Gasteiger charge is 2.30. The Morgan fingerprint density at radius 3 is 2.85 bits per heavy atom. The van der Waals surface area contributed by atoms with Gasteiger partial charge in [-0.3, -0.25) is 4.79 Å². The van der Waals surface area contributed by atoms with Gasteiger partial charge in [-0.15, -0.1) is 11.3 Å². The van der Waals surface area contributed by atoms with Crippen molar-refractivity contribution in [1.29, 1.82) is 0 Å². The lowest BCUT2D eigenvalue weighted by Gasteiger charge is -2.22. The van der Waals surface area contributed by atoms with Crippen molar-refractivity contribution < 1.29 is 9.18 Å². The lowest BCUT2D eigenvalue weighted by atomic mass is 10.1. The quantitative estimate of drug-likeness (QED) is 0.291. The largest absolute Gasteiger partial charge is 0.361 e. The normalized spacial score (nSPS) is 13.7. The predicted molar refractivity (Wildman–Crippen MR) is 135 cm³/mol. The Balaban J connectivity index is 1.30. The molecule has 1 aliphatic rings. The average Bonchev–Trinajstić information content (AvgIpc) is 3.20. The van der Waals surface area contributed by atoms with Gasteiger partial charge in [0.25, 0.3) is 5.91 Å². The number of halogens is 1. The Hall–Kier alpha value is -3.45. The first-order chi connectivity index (χ1) is 16.5. The minimum Gasteiger partial charge on any atom is -0.361 e. The van der Waals surface area contributed by atoms with E-state index in [1.165, 1.54) is 6.07 Å². The maximum Gasteiger partial charge on any atom is 0.274 e. The van der Waals surface area contributed by atoms with Crippen LogP contribution in [0.25, 0.3) is 32.2 Å². The summed E-state index contributed by atoms with van der Waals surface area (Å²) in [7, 11) is 0. The van der Waals surface area contributed by atoms with E-state index in [4.69, 9.17) is 0 Å². The smallest absolute Gasteiger partial charge is 0.274 e. The first kappa shape index (κ1) is 21.1. The van der Waals surface area contributed by atoms with Crippen molar-refractivity contribution in [3.8, 4) is 10.4 Å². The minimum atomic E-state index is -0.249. The van der Waals surface area contributed by atoms with Crippen LogP contribution in [0.2, 0.25) is 0 Å². The van der Waals surface area contributed by atoms with Crippen molar-refractivity contribution in [2.45, 2.75) is 26.2 Å². The Morgan fingerprint density at radius 2 is 2.00 bits per heavy atom. The van der Waals surface area contributed by atoms with Crippen LogP contribution in [-0.4, -0.2) is 38.8 Å². The second kappa shape index (κ2) is 8.40. The molecular formula is C27H25FN4OS. The van der Waals surface area contributed by atoms with E-state index in [9.17, 15) is 9.18 Å². The van der Waals surface area contributed by atoms with Crippen LogP contribution in [0.5, 0.6) is 0 Å². The second-order valence-corrected chi connectivity index (χ2v) is 10.3. The lowest BCUT2D eigenvalue weighted by Crippen LogP contribution is -2.35. The molecule has 2 N–H and O–H groups in total. The van der Waals surface area contributed by atoms with Crippen molar-refractivity contribution >= 4 is 39.0 Å². The molecule has 1 aliphatic carbocycles. The van der Waals surface area contributed by atoms with Crippen LogP contribution < -0.4 is 0 Å². The zero-order valence-electron chi connectivity index (χ0n) is 18.9. The number of aromatic amines is 2. The number of H-pyrrole nitrogens is 2. The van der Waals surface area contributed by atoms with E-state index >= 15 is 0 Å². The SMILES string of the molecule is Cc1nc(C(=O)N(CCc2c[nH]c3ccc(F)cc23)CC2CC2)c(-c2ccc3[nH]ccc3c2)s1. The van der Waals surface area contributed by atoms with Gasteiger partial charge in [-0.25, -0.2) is 9.37 Å². The highest BCUT2D eigenvalue weighted by atomic mass is 32.1. The van der Waals surface area contributed by atoms with Crippen molar-refractivity contribution in [1.82, 2.24) is 19.9 Å². The fraction of sp³-hybridized carbons (Fsp3) is 0.259. The fourth-order valence-corrected chi connectivity index (χ4v) is 5.52. The van der Waals surface area contributed by atoms with Crippen LogP contribution in [0.1, 0.15) is 33.9 Å². The Bertz CT molecular complexity index is 1510. The molecule has 0 spiro atoms. The summed E-state index contributed by atoms with van der Waals surface area (Å²) in [6.45, 7) is 3.26. The summed E-state index contributed by atoms with van der Waals surface area (Å²) in [5.74, 6) is 0.288. The Morgan fingerprint density at radius 1 is 1.15 bits per heavy atom. The van der Waals surface area contributed by atoms with Crippen LogP contribution in [-0.2, 0) is 6.42 Å². The van der Waals surface area contributed by atoms with Gasteiger partial charge in [0.2, 0.25) is 0 Å². The molecule has 1 fully saturated rings. The van der Waals surface area contributed by atoms with Crippen LogP contribution in [0.3, 0.4) is 0 Å². The van der Waals surface area contributed by atoms with Crippen LogP contribution in [0, 0.1) is 18.7 Å². The van der Waals surface area contributed by atoms with E-state index in [-0.39, 0.29) is 11.7 Å². The van der Waals surface area contributed by atoms with E-state index in [2.05, 4.69) is 21.0 Å². The molecule has 3 aromatic heterocycles. The lowest BCUT2D eigenvalue weighted by molar-refractivity contribution is 0.0745. The maximum atomic E-state index is 13.8. The number of nitrogens with one attached hydrogen (secondary N) is 2. The van der Waals surface area contributed by atoms with Crippen molar-refractivity contribution in [3.05, 3.63) is 76.9 Å². The van der Waals surface area contributed by atoms with E-state index < -0.39 is 0 Å². The number of hydrogen-bond acceptors (Lipinski definition) is 3. The number of rotatable bonds is 7. The van der Waals surface area contributed by atoms with Crippen molar-refractivity contribution in [3.63, 3.8) is 0 Å². The molecule has 0 saturated heterocycles. The highest BCUT2D eigenvalue weighted by molar-refractivity contribution is 7.15. The number of nitrogens with zero attached hydrogens (tertiary/aromatic N) is 2. The molecule has 6 rings (SSSR count). The van der Waals surface area contributed by atoms with Crippen LogP contribution in [0.15, 0.2) is 54.9 Å². The molecule has 2 aromatic carbocycles. The summed E-state index contributed by atoms with van der Waals surface area (Å²) in [6, 6.07) is 13.0. The van der Waals surface area contributed by atoms with E-state index in [1.807, 2.05) is 42.4 Å². The van der Waals surface area contributed by atoms with Gasteiger partial charge in [0.15, 0.2) is 0 Å². The summed E-state index contributed by atoms with van der Waals surface area (Å²) in [5.41, 5.74) is 4.55. The highest BCUT2D eigenvalue weighted by Crippen LogP contribution is 2.35. The zero-order valence-corrected chi connectivity index (χ0v) is 19.7. The van der Waals surface area contributed by atoms with Gasteiger partial charge >= 0.3 is 0 Å². The third kappa shape index (κ3) is 4.01. The maximum absolute atomic E-state index is 13.8. The van der Waals surface area contributed by atoms with Gasteiger partial charge in [0.1, 0.15) is 11.5 Å². The Kier molecular flexibility index (Phi) is 5.21. The first-order valence-electron chi connectivity index (χ1n) is 11.6. The monoisotopic (exact) mass is 472 g/mol. The number of fused-ring (bicyclic) bond motifs is 2. The van der Waals surface area contributed by atoms with E-state index in [0.717, 1.165) is 62.2 Å². The molecule has 0 atom stereocenters. The summed E-state index contributed by atoms with van der Waals surface area (Å²) >= 11 is 1.56. The number of benzene rings is 2. The molecule has 1 amide bonds. The molecule has 0 aliphatic heterocycles. The number of amides is 1. The summed E-state index contributed by atoms with van der Waals surface area (Å²) in [5, 5.41) is 2.87. The van der Waals surface area contributed by atoms with E-state index in [1.54, 1.807) is 23.5 Å². The standard InChI is InChI=1S/C27H25FN4OS/c1-16-31-25(26(34-16)19-4-6-23-18(12-19)8-10-29-23)27(33)32(15-17-2-3-17)11-9-20-14-30-24-7-5-21(28)13-22(20)24/h4-8,10,12-14,17,29-30H,2-3,9,11,15H2,1H3. The van der Waals surface area contributed by atoms with Gasteiger partial charge in [0, 0.05) is 41.9 Å². The van der Waals surface area contributed by atoms with Crippen molar-refractivity contribution in [2.24, 2.45) is 5.92 Å². The van der Waals surface area contributed by atoms with E-state index in [0.29, 0.717) is 24.6 Å². The Labute approximate surface area is 200 Å². The van der Waals surface area contributed by atoms with Gasteiger partial charge in [0.05, 0.1) is 9.88 Å². The number of aromatic nitrogens is 3. The zero-order chi connectivity index (χ0) is 23.2. The molecule has 0 unspecified atom stereocenters.